The molecule has 2 rings (SSSR count). The number of amides is 1. The fourth-order valence-corrected chi connectivity index (χ4v) is 2.11. The maximum Gasteiger partial charge on any atom is 0.260 e. The molecular formula is C18H20FN3O2. The molecule has 0 spiro atoms. The van der Waals surface area contributed by atoms with Crippen LogP contribution in [0, 0.1) is 12.7 Å². The van der Waals surface area contributed by atoms with Gasteiger partial charge in [-0.15, -0.1) is 0 Å². The summed E-state index contributed by atoms with van der Waals surface area (Å²) in [6.45, 7) is 2.33. The Labute approximate surface area is 140 Å². The Balaban J connectivity index is 1.72. The van der Waals surface area contributed by atoms with Crippen LogP contribution < -0.4 is 11.1 Å². The van der Waals surface area contributed by atoms with Gasteiger partial charge < -0.3 is 15.9 Å². The smallest absolute Gasteiger partial charge is 0.260 e. The Bertz CT molecular complexity index is 714. The minimum Gasteiger partial charge on any atom is -0.384 e. The van der Waals surface area contributed by atoms with E-state index in [2.05, 4.69) is 10.5 Å². The zero-order valence-corrected chi connectivity index (χ0v) is 13.5. The molecule has 0 heterocycles. The van der Waals surface area contributed by atoms with Gasteiger partial charge in [0.1, 0.15) is 5.82 Å². The number of hydrogen-bond donors (Lipinski definition) is 2. The average molecular weight is 329 g/mol. The number of carbonyl (C=O) groups is 1. The van der Waals surface area contributed by atoms with Crippen molar-refractivity contribution in [3.63, 3.8) is 0 Å². The van der Waals surface area contributed by atoms with E-state index >= 15 is 0 Å². The predicted molar refractivity (Wildman–Crippen MR) is 91.0 cm³/mol. The monoisotopic (exact) mass is 329 g/mol. The Hall–Kier alpha value is -2.89. The highest BCUT2D eigenvalue weighted by atomic mass is 19.1. The molecule has 2 aromatic carbocycles. The number of rotatable bonds is 7. The number of aryl methyl sites for hydroxylation is 1. The number of nitrogens with two attached hydrogens (primary N) is 1. The van der Waals surface area contributed by atoms with Crippen LogP contribution in [0.1, 0.15) is 16.7 Å². The molecule has 2 aromatic rings. The molecule has 0 aliphatic heterocycles. The number of nitrogens with zero attached hydrogens (tertiary/aromatic N) is 1. The van der Waals surface area contributed by atoms with Crippen LogP contribution in [0.3, 0.4) is 0 Å². The quantitative estimate of drug-likeness (QED) is 0.464. The summed E-state index contributed by atoms with van der Waals surface area (Å²) in [5.41, 5.74) is 8.61. The van der Waals surface area contributed by atoms with Crippen LogP contribution in [-0.2, 0) is 16.1 Å². The van der Waals surface area contributed by atoms with Gasteiger partial charge >= 0.3 is 0 Å². The molecule has 0 aliphatic carbocycles. The van der Waals surface area contributed by atoms with Gasteiger partial charge in [0, 0.05) is 12.1 Å². The lowest BCUT2D eigenvalue weighted by Gasteiger charge is -2.07. The first-order chi connectivity index (χ1) is 11.6. The third-order valence-electron chi connectivity index (χ3n) is 3.48. The summed E-state index contributed by atoms with van der Waals surface area (Å²) < 4.78 is 12.8. The van der Waals surface area contributed by atoms with Crippen LogP contribution in [0.2, 0.25) is 0 Å². The minimum absolute atomic E-state index is 0.0858. The maximum absolute atomic E-state index is 12.8. The van der Waals surface area contributed by atoms with Crippen LogP contribution >= 0.6 is 0 Å². The number of amidine groups is 1. The lowest BCUT2D eigenvalue weighted by atomic mass is 10.1. The van der Waals surface area contributed by atoms with E-state index in [1.807, 2.05) is 31.2 Å². The Morgan fingerprint density at radius 3 is 2.62 bits per heavy atom. The lowest BCUT2D eigenvalue weighted by molar-refractivity contribution is -0.125. The summed E-state index contributed by atoms with van der Waals surface area (Å²) in [5, 5.41) is 6.41. The van der Waals surface area contributed by atoms with E-state index in [0.717, 1.165) is 6.42 Å². The zero-order chi connectivity index (χ0) is 17.4. The first kappa shape index (κ1) is 17.5. The third-order valence-corrected chi connectivity index (χ3v) is 3.48. The number of carbonyl (C=O) groups excluding carboxylic acids is 1. The van der Waals surface area contributed by atoms with Gasteiger partial charge in [0.25, 0.3) is 5.91 Å². The highest BCUT2D eigenvalue weighted by Gasteiger charge is 2.04. The normalized spacial score (nSPS) is 11.2. The number of oxime groups is 1. The second kappa shape index (κ2) is 8.67. The van der Waals surface area contributed by atoms with Crippen molar-refractivity contribution in [1.29, 1.82) is 0 Å². The maximum atomic E-state index is 12.8. The fraction of sp³-hybridized carbons (Fsp3) is 0.222. The molecule has 5 nitrogen and oxygen atoms in total. The predicted octanol–water partition coefficient (Wildman–Crippen LogP) is 2.13. The molecule has 0 saturated carbocycles. The molecule has 6 heteroatoms. The summed E-state index contributed by atoms with van der Waals surface area (Å²) in [6, 6.07) is 13.5. The van der Waals surface area contributed by atoms with E-state index in [4.69, 9.17) is 10.6 Å². The molecule has 0 bridgehead atoms. The van der Waals surface area contributed by atoms with E-state index in [1.165, 1.54) is 35.4 Å². The molecular weight excluding hydrogens is 309 g/mol. The van der Waals surface area contributed by atoms with Crippen molar-refractivity contribution in [2.45, 2.75) is 13.3 Å². The first-order valence-corrected chi connectivity index (χ1v) is 7.59. The van der Waals surface area contributed by atoms with Crippen LogP contribution in [0.15, 0.2) is 53.7 Å². The summed E-state index contributed by atoms with van der Waals surface area (Å²) in [7, 11) is 0. The van der Waals surface area contributed by atoms with Gasteiger partial charge in [-0.3, -0.25) is 4.79 Å². The molecule has 3 N–H and O–H groups in total. The van der Waals surface area contributed by atoms with Gasteiger partial charge in [-0.2, -0.15) is 0 Å². The van der Waals surface area contributed by atoms with Crippen molar-refractivity contribution >= 4 is 11.7 Å². The van der Waals surface area contributed by atoms with Crippen LogP contribution in [0.4, 0.5) is 4.39 Å². The van der Waals surface area contributed by atoms with Crippen molar-refractivity contribution in [1.82, 2.24) is 5.32 Å². The van der Waals surface area contributed by atoms with Crippen LogP contribution in [0.25, 0.3) is 0 Å². The number of halogens is 1. The van der Waals surface area contributed by atoms with Gasteiger partial charge in [0.15, 0.2) is 12.4 Å². The average Bonchev–Trinajstić information content (AvgIpc) is 2.57. The number of nitrogens with one attached hydrogen (secondary N) is 1. The minimum atomic E-state index is -0.361. The molecule has 0 unspecified atom stereocenters. The SMILES string of the molecule is Cc1ccccc1CCNC(=O)CO/N=C(\N)c1ccc(F)cc1. The molecule has 0 aliphatic rings. The molecule has 0 atom stereocenters. The number of benzene rings is 2. The second-order valence-electron chi connectivity index (χ2n) is 5.28. The topological polar surface area (TPSA) is 76.7 Å². The van der Waals surface area contributed by atoms with Gasteiger partial charge in [-0.1, -0.05) is 29.4 Å². The zero-order valence-electron chi connectivity index (χ0n) is 13.5. The van der Waals surface area contributed by atoms with E-state index in [-0.39, 0.29) is 24.2 Å². The number of hydrogen-bond acceptors (Lipinski definition) is 3. The van der Waals surface area contributed by atoms with Gasteiger partial charge in [0.2, 0.25) is 0 Å². The standard InChI is InChI=1S/C18H20FN3O2/c1-13-4-2-3-5-14(13)10-11-21-17(23)12-24-22-18(20)15-6-8-16(19)9-7-15/h2-9H,10-12H2,1H3,(H2,20,22)(H,21,23). The van der Waals surface area contributed by atoms with Crippen molar-refractivity contribution in [3.8, 4) is 0 Å². The summed E-state index contributed by atoms with van der Waals surface area (Å²) >= 11 is 0. The molecule has 24 heavy (non-hydrogen) atoms. The van der Waals surface area contributed by atoms with E-state index in [0.29, 0.717) is 12.1 Å². The van der Waals surface area contributed by atoms with Crippen molar-refractivity contribution in [2.24, 2.45) is 10.9 Å². The summed E-state index contributed by atoms with van der Waals surface area (Å²) in [6.07, 6.45) is 0.749. The molecule has 0 fully saturated rings. The lowest BCUT2D eigenvalue weighted by Crippen LogP contribution is -2.29. The summed E-state index contributed by atoms with van der Waals surface area (Å²) in [4.78, 5) is 16.6. The van der Waals surface area contributed by atoms with Crippen molar-refractivity contribution in [2.75, 3.05) is 13.2 Å². The highest BCUT2D eigenvalue weighted by molar-refractivity contribution is 5.97. The van der Waals surface area contributed by atoms with Crippen LogP contribution in [0.5, 0.6) is 0 Å². The molecule has 0 saturated heterocycles. The fourth-order valence-electron chi connectivity index (χ4n) is 2.11. The van der Waals surface area contributed by atoms with Crippen LogP contribution in [-0.4, -0.2) is 24.9 Å². The van der Waals surface area contributed by atoms with Crippen molar-refractivity contribution in [3.05, 3.63) is 71.0 Å². The Morgan fingerprint density at radius 1 is 1.21 bits per heavy atom. The largest absolute Gasteiger partial charge is 0.384 e. The van der Waals surface area contributed by atoms with Gasteiger partial charge in [-0.25, -0.2) is 4.39 Å². The van der Waals surface area contributed by atoms with Gasteiger partial charge in [-0.05, 0) is 48.7 Å². The highest BCUT2D eigenvalue weighted by Crippen LogP contribution is 2.06. The molecule has 126 valence electrons. The first-order valence-electron chi connectivity index (χ1n) is 7.59. The van der Waals surface area contributed by atoms with Gasteiger partial charge in [0.05, 0.1) is 0 Å². The molecule has 0 aromatic heterocycles. The van der Waals surface area contributed by atoms with Crippen molar-refractivity contribution < 1.29 is 14.0 Å². The molecule has 0 radical (unpaired) electrons. The third kappa shape index (κ3) is 5.39. The Morgan fingerprint density at radius 2 is 1.92 bits per heavy atom. The van der Waals surface area contributed by atoms with E-state index in [1.54, 1.807) is 0 Å². The van der Waals surface area contributed by atoms with E-state index in [9.17, 15) is 9.18 Å². The second-order valence-corrected chi connectivity index (χ2v) is 5.28. The van der Waals surface area contributed by atoms with E-state index < -0.39 is 0 Å². The Kier molecular flexibility index (Phi) is 6.31. The molecule has 1 amide bonds. The summed E-state index contributed by atoms with van der Waals surface area (Å²) in [5.74, 6) is -0.553.